The van der Waals surface area contributed by atoms with Crippen molar-refractivity contribution in [2.45, 2.75) is 39.2 Å². The van der Waals surface area contributed by atoms with Crippen LogP contribution in [-0.4, -0.2) is 25.0 Å². The van der Waals surface area contributed by atoms with Gasteiger partial charge in [-0.05, 0) is 36.6 Å². The number of carbonyl (C=O) groups is 1. The lowest BCUT2D eigenvalue weighted by atomic mass is 10.1. The predicted molar refractivity (Wildman–Crippen MR) is 108 cm³/mol. The first-order chi connectivity index (χ1) is 13.1. The summed E-state index contributed by atoms with van der Waals surface area (Å²) in [4.78, 5) is 14.4. The van der Waals surface area contributed by atoms with Crippen molar-refractivity contribution in [3.05, 3.63) is 65.4 Å². The molecule has 0 bridgehead atoms. The number of aryl methyl sites for hydroxylation is 2. The Morgan fingerprint density at radius 2 is 1.85 bits per heavy atom. The van der Waals surface area contributed by atoms with E-state index in [0.29, 0.717) is 13.0 Å². The zero-order valence-corrected chi connectivity index (χ0v) is 16.3. The average molecular weight is 365 g/mol. The highest BCUT2D eigenvalue weighted by Crippen LogP contribution is 2.27. The highest BCUT2D eigenvalue weighted by molar-refractivity contribution is 5.83. The molecular weight excluding hydrogens is 338 g/mol. The summed E-state index contributed by atoms with van der Waals surface area (Å²) >= 11 is 0. The summed E-state index contributed by atoms with van der Waals surface area (Å²) in [5, 5.41) is 1.10. The van der Waals surface area contributed by atoms with Gasteiger partial charge >= 0.3 is 0 Å². The smallest absolute Gasteiger partial charge is 0.222 e. The van der Waals surface area contributed by atoms with Gasteiger partial charge in [0.15, 0.2) is 0 Å². The molecule has 0 saturated carbocycles. The normalized spacial score (nSPS) is 10.9. The fourth-order valence-electron chi connectivity index (χ4n) is 3.36. The SMILES string of the molecule is CCc1oc2ccccc2c1CN(C)C(=O)CCCc1ccc(OC)cc1. The van der Waals surface area contributed by atoms with Crippen LogP contribution in [0.2, 0.25) is 0 Å². The Morgan fingerprint density at radius 3 is 2.56 bits per heavy atom. The van der Waals surface area contributed by atoms with E-state index < -0.39 is 0 Å². The minimum absolute atomic E-state index is 0.163. The number of hydrogen-bond acceptors (Lipinski definition) is 3. The van der Waals surface area contributed by atoms with Crippen LogP contribution in [0.25, 0.3) is 11.0 Å². The van der Waals surface area contributed by atoms with Crippen LogP contribution in [0, 0.1) is 0 Å². The van der Waals surface area contributed by atoms with E-state index in [1.807, 2.05) is 42.3 Å². The number of nitrogens with zero attached hydrogens (tertiary/aromatic N) is 1. The molecule has 0 fully saturated rings. The second kappa shape index (κ2) is 8.76. The number of para-hydroxylation sites is 1. The summed E-state index contributed by atoms with van der Waals surface area (Å²) < 4.78 is 11.1. The third-order valence-corrected chi connectivity index (χ3v) is 4.94. The first-order valence-electron chi connectivity index (χ1n) is 9.48. The number of methoxy groups -OCH3 is 1. The molecule has 0 radical (unpaired) electrons. The van der Waals surface area contributed by atoms with E-state index >= 15 is 0 Å². The number of fused-ring (bicyclic) bond motifs is 1. The third-order valence-electron chi connectivity index (χ3n) is 4.94. The first-order valence-corrected chi connectivity index (χ1v) is 9.48. The Labute approximate surface area is 160 Å². The van der Waals surface area contributed by atoms with Crippen LogP contribution in [0.5, 0.6) is 5.75 Å². The number of hydrogen-bond donors (Lipinski definition) is 0. The van der Waals surface area contributed by atoms with Gasteiger partial charge in [0.05, 0.1) is 7.11 Å². The van der Waals surface area contributed by atoms with Gasteiger partial charge in [0.1, 0.15) is 17.1 Å². The number of benzene rings is 2. The van der Waals surface area contributed by atoms with E-state index in [4.69, 9.17) is 9.15 Å². The van der Waals surface area contributed by atoms with Crippen molar-refractivity contribution in [3.63, 3.8) is 0 Å². The second-order valence-corrected chi connectivity index (χ2v) is 6.80. The Bertz CT molecular complexity index is 896. The number of rotatable bonds is 8. The monoisotopic (exact) mass is 365 g/mol. The molecule has 3 rings (SSSR count). The molecule has 1 aromatic heterocycles. The molecule has 2 aromatic carbocycles. The zero-order valence-electron chi connectivity index (χ0n) is 16.3. The minimum Gasteiger partial charge on any atom is -0.497 e. The van der Waals surface area contributed by atoms with Crippen molar-refractivity contribution in [2.24, 2.45) is 0 Å². The Kier molecular flexibility index (Phi) is 6.17. The summed E-state index contributed by atoms with van der Waals surface area (Å²) in [5.41, 5.74) is 3.24. The van der Waals surface area contributed by atoms with Crippen molar-refractivity contribution in [1.82, 2.24) is 4.90 Å². The van der Waals surface area contributed by atoms with Gasteiger partial charge in [-0.25, -0.2) is 0 Å². The minimum atomic E-state index is 0.163. The molecule has 4 nitrogen and oxygen atoms in total. The van der Waals surface area contributed by atoms with Crippen LogP contribution in [-0.2, 0) is 24.2 Å². The fraction of sp³-hybridized carbons (Fsp3) is 0.348. The lowest BCUT2D eigenvalue weighted by molar-refractivity contribution is -0.130. The molecule has 0 unspecified atom stereocenters. The number of ether oxygens (including phenoxy) is 1. The van der Waals surface area contributed by atoms with Crippen molar-refractivity contribution >= 4 is 16.9 Å². The van der Waals surface area contributed by atoms with Crippen molar-refractivity contribution in [3.8, 4) is 5.75 Å². The molecule has 0 aliphatic carbocycles. The molecule has 3 aromatic rings. The van der Waals surface area contributed by atoms with E-state index in [2.05, 4.69) is 25.1 Å². The number of furan rings is 1. The van der Waals surface area contributed by atoms with E-state index in [1.165, 1.54) is 5.56 Å². The van der Waals surface area contributed by atoms with Gasteiger partial charge in [-0.1, -0.05) is 37.3 Å². The zero-order chi connectivity index (χ0) is 19.2. The maximum Gasteiger partial charge on any atom is 0.222 e. The largest absolute Gasteiger partial charge is 0.497 e. The van der Waals surface area contributed by atoms with E-state index in [0.717, 1.165) is 47.3 Å². The summed E-state index contributed by atoms with van der Waals surface area (Å²) in [6.07, 6.45) is 3.09. The summed E-state index contributed by atoms with van der Waals surface area (Å²) in [7, 11) is 3.54. The first kappa shape index (κ1) is 19.0. The highest BCUT2D eigenvalue weighted by Gasteiger charge is 2.17. The van der Waals surface area contributed by atoms with Gasteiger partial charge in [-0.15, -0.1) is 0 Å². The molecule has 1 heterocycles. The standard InChI is InChI=1S/C23H27NO3/c1-4-21-20(19-9-5-6-10-22(19)27-21)16-24(2)23(25)11-7-8-17-12-14-18(26-3)15-13-17/h5-6,9-10,12-15H,4,7-8,11,16H2,1-3H3. The maximum atomic E-state index is 12.6. The van der Waals surface area contributed by atoms with Crippen LogP contribution in [0.15, 0.2) is 52.9 Å². The van der Waals surface area contributed by atoms with Crippen LogP contribution < -0.4 is 4.74 Å². The maximum absolute atomic E-state index is 12.6. The molecule has 0 aliphatic rings. The van der Waals surface area contributed by atoms with Gasteiger partial charge in [0.25, 0.3) is 0 Å². The lowest BCUT2D eigenvalue weighted by Gasteiger charge is -2.17. The average Bonchev–Trinajstić information content (AvgIpc) is 3.06. The molecule has 142 valence electrons. The molecule has 27 heavy (non-hydrogen) atoms. The summed E-state index contributed by atoms with van der Waals surface area (Å²) in [5.74, 6) is 1.98. The molecule has 0 N–H and O–H groups in total. The van der Waals surface area contributed by atoms with Gasteiger partial charge < -0.3 is 14.1 Å². The van der Waals surface area contributed by atoms with Crippen LogP contribution in [0.1, 0.15) is 36.7 Å². The fourth-order valence-corrected chi connectivity index (χ4v) is 3.36. The molecule has 0 aliphatic heterocycles. The highest BCUT2D eigenvalue weighted by atomic mass is 16.5. The molecule has 0 spiro atoms. The predicted octanol–water partition coefficient (Wildman–Crippen LogP) is 4.99. The molecule has 4 heteroatoms. The van der Waals surface area contributed by atoms with Gasteiger partial charge in [0, 0.05) is 37.4 Å². The van der Waals surface area contributed by atoms with Crippen LogP contribution in [0.3, 0.4) is 0 Å². The van der Waals surface area contributed by atoms with E-state index in [-0.39, 0.29) is 5.91 Å². The molecule has 0 saturated heterocycles. The second-order valence-electron chi connectivity index (χ2n) is 6.80. The quantitative estimate of drug-likeness (QED) is 0.565. The Hall–Kier alpha value is -2.75. The third kappa shape index (κ3) is 4.51. The van der Waals surface area contributed by atoms with Crippen molar-refractivity contribution in [2.75, 3.05) is 14.2 Å². The summed E-state index contributed by atoms with van der Waals surface area (Å²) in [6.45, 7) is 2.67. The van der Waals surface area contributed by atoms with Crippen LogP contribution in [0.4, 0.5) is 0 Å². The topological polar surface area (TPSA) is 42.7 Å². The molecule has 0 atom stereocenters. The summed E-state index contributed by atoms with van der Waals surface area (Å²) in [6, 6.07) is 16.1. The van der Waals surface area contributed by atoms with Crippen molar-refractivity contribution in [1.29, 1.82) is 0 Å². The van der Waals surface area contributed by atoms with E-state index in [9.17, 15) is 4.79 Å². The Balaban J connectivity index is 1.57. The van der Waals surface area contributed by atoms with Gasteiger partial charge in [-0.3, -0.25) is 4.79 Å². The lowest BCUT2D eigenvalue weighted by Crippen LogP contribution is -2.26. The van der Waals surface area contributed by atoms with Gasteiger partial charge in [-0.2, -0.15) is 0 Å². The Morgan fingerprint density at radius 1 is 1.11 bits per heavy atom. The molecular formula is C23H27NO3. The van der Waals surface area contributed by atoms with Crippen molar-refractivity contribution < 1.29 is 13.9 Å². The van der Waals surface area contributed by atoms with Gasteiger partial charge in [0.2, 0.25) is 5.91 Å². The van der Waals surface area contributed by atoms with E-state index in [1.54, 1.807) is 7.11 Å². The number of amides is 1. The number of carbonyl (C=O) groups excluding carboxylic acids is 1. The molecule has 1 amide bonds. The van der Waals surface area contributed by atoms with Crippen LogP contribution >= 0.6 is 0 Å².